The Morgan fingerprint density at radius 1 is 0.613 bits per heavy atom. The standard InChI is InChI=1S/C26H23ClN4/c1-14-15(2)17(4)23(18(5)16(14)3)24-28-25(27)30-26(29-24)31-21-12-8-6-10-19(21)20-11-7-9-13-22(20)31/h6-13H,1-5H3. The van der Waals surface area contributed by atoms with Gasteiger partial charge in [0, 0.05) is 16.3 Å². The first kappa shape index (κ1) is 19.7. The lowest BCUT2D eigenvalue weighted by Crippen LogP contribution is -2.07. The molecule has 3 aromatic carbocycles. The zero-order valence-corrected chi connectivity index (χ0v) is 19.0. The topological polar surface area (TPSA) is 43.6 Å². The summed E-state index contributed by atoms with van der Waals surface area (Å²) in [5, 5.41) is 2.51. The molecule has 0 fully saturated rings. The van der Waals surface area contributed by atoms with Gasteiger partial charge < -0.3 is 0 Å². The van der Waals surface area contributed by atoms with E-state index in [2.05, 4.69) is 85.6 Å². The molecule has 0 radical (unpaired) electrons. The van der Waals surface area contributed by atoms with Crippen LogP contribution < -0.4 is 0 Å². The lowest BCUT2D eigenvalue weighted by atomic mass is 9.89. The SMILES string of the molecule is Cc1c(C)c(C)c(-c2nc(Cl)nc(-n3c4ccccc4c4ccccc43)n2)c(C)c1C. The second-order valence-corrected chi connectivity index (χ2v) is 8.44. The summed E-state index contributed by atoms with van der Waals surface area (Å²) < 4.78 is 2.07. The highest BCUT2D eigenvalue weighted by molar-refractivity contribution is 6.28. The average Bonchev–Trinajstić information content (AvgIpc) is 3.11. The Bertz CT molecular complexity index is 1410. The van der Waals surface area contributed by atoms with E-state index in [4.69, 9.17) is 16.6 Å². The molecule has 0 aliphatic carbocycles. The zero-order chi connectivity index (χ0) is 21.9. The Labute approximate surface area is 186 Å². The molecule has 0 atom stereocenters. The maximum Gasteiger partial charge on any atom is 0.239 e. The largest absolute Gasteiger partial charge is 0.278 e. The Hall–Kier alpha value is -3.24. The normalized spacial score (nSPS) is 11.5. The second kappa shape index (κ2) is 7.17. The van der Waals surface area contributed by atoms with Gasteiger partial charge in [0.2, 0.25) is 11.2 Å². The molecule has 2 heterocycles. The lowest BCUT2D eigenvalue weighted by Gasteiger charge is -2.18. The molecule has 0 spiro atoms. The quantitative estimate of drug-likeness (QED) is 0.310. The molecule has 0 bridgehead atoms. The fourth-order valence-electron chi connectivity index (χ4n) is 4.52. The smallest absolute Gasteiger partial charge is 0.239 e. The second-order valence-electron chi connectivity index (χ2n) is 8.10. The molecule has 31 heavy (non-hydrogen) atoms. The number of para-hydroxylation sites is 2. The van der Waals surface area contributed by atoms with Crippen LogP contribution in [0.25, 0.3) is 39.1 Å². The van der Waals surface area contributed by atoms with Crippen LogP contribution in [0.5, 0.6) is 0 Å². The number of nitrogens with zero attached hydrogens (tertiary/aromatic N) is 4. The van der Waals surface area contributed by atoms with E-state index >= 15 is 0 Å². The first-order chi connectivity index (χ1) is 14.9. The van der Waals surface area contributed by atoms with E-state index < -0.39 is 0 Å². The summed E-state index contributed by atoms with van der Waals surface area (Å²) in [4.78, 5) is 14.0. The van der Waals surface area contributed by atoms with Crippen LogP contribution in [0.1, 0.15) is 27.8 Å². The minimum Gasteiger partial charge on any atom is -0.278 e. The van der Waals surface area contributed by atoms with Crippen molar-refractivity contribution in [1.29, 1.82) is 0 Å². The maximum atomic E-state index is 6.46. The molecular weight excluding hydrogens is 404 g/mol. The summed E-state index contributed by atoms with van der Waals surface area (Å²) in [7, 11) is 0. The van der Waals surface area contributed by atoms with E-state index in [1.165, 1.54) is 27.8 Å². The van der Waals surface area contributed by atoms with E-state index in [0.29, 0.717) is 11.8 Å². The molecule has 0 saturated heterocycles. The molecule has 0 saturated carbocycles. The van der Waals surface area contributed by atoms with E-state index in [0.717, 1.165) is 27.4 Å². The number of rotatable bonds is 2. The summed E-state index contributed by atoms with van der Waals surface area (Å²) in [6.45, 7) is 10.7. The third kappa shape index (κ3) is 2.94. The van der Waals surface area contributed by atoms with Gasteiger partial charge in [-0.3, -0.25) is 4.57 Å². The highest BCUT2D eigenvalue weighted by atomic mass is 35.5. The van der Waals surface area contributed by atoms with Gasteiger partial charge >= 0.3 is 0 Å². The number of benzene rings is 3. The van der Waals surface area contributed by atoms with Crippen molar-refractivity contribution in [2.75, 3.05) is 0 Å². The van der Waals surface area contributed by atoms with Gasteiger partial charge in [-0.25, -0.2) is 0 Å². The Morgan fingerprint density at radius 3 is 1.65 bits per heavy atom. The third-order valence-corrected chi connectivity index (χ3v) is 6.77. The van der Waals surface area contributed by atoms with Crippen molar-refractivity contribution in [2.45, 2.75) is 34.6 Å². The van der Waals surface area contributed by atoms with Gasteiger partial charge in [0.1, 0.15) is 0 Å². The van der Waals surface area contributed by atoms with Crippen molar-refractivity contribution >= 4 is 33.4 Å². The number of hydrogen-bond donors (Lipinski definition) is 0. The summed E-state index contributed by atoms with van der Waals surface area (Å²) >= 11 is 6.46. The van der Waals surface area contributed by atoms with E-state index in [1.807, 2.05) is 12.1 Å². The monoisotopic (exact) mass is 426 g/mol. The highest BCUT2D eigenvalue weighted by Gasteiger charge is 2.20. The van der Waals surface area contributed by atoms with E-state index in [-0.39, 0.29) is 5.28 Å². The molecule has 2 aromatic heterocycles. The fraction of sp³-hybridized carbons (Fsp3) is 0.192. The molecule has 0 amide bonds. The Balaban J connectivity index is 1.85. The molecule has 5 rings (SSSR count). The van der Waals surface area contributed by atoms with Crippen LogP contribution in [0.15, 0.2) is 48.5 Å². The number of aromatic nitrogens is 4. The van der Waals surface area contributed by atoms with Crippen molar-refractivity contribution in [3.8, 4) is 17.3 Å². The van der Waals surface area contributed by atoms with Crippen LogP contribution in [0, 0.1) is 34.6 Å². The van der Waals surface area contributed by atoms with Crippen molar-refractivity contribution in [1.82, 2.24) is 19.5 Å². The molecule has 154 valence electrons. The van der Waals surface area contributed by atoms with Crippen LogP contribution in [-0.4, -0.2) is 19.5 Å². The lowest BCUT2D eigenvalue weighted by molar-refractivity contribution is 0.943. The minimum absolute atomic E-state index is 0.191. The van der Waals surface area contributed by atoms with Crippen LogP contribution in [-0.2, 0) is 0 Å². The van der Waals surface area contributed by atoms with Gasteiger partial charge in [-0.15, -0.1) is 0 Å². The Kier molecular flexibility index (Phi) is 4.56. The fourth-order valence-corrected chi connectivity index (χ4v) is 4.68. The molecule has 0 aliphatic heterocycles. The van der Waals surface area contributed by atoms with Crippen LogP contribution >= 0.6 is 11.6 Å². The number of fused-ring (bicyclic) bond motifs is 3. The minimum atomic E-state index is 0.191. The van der Waals surface area contributed by atoms with E-state index in [1.54, 1.807) is 0 Å². The number of halogens is 1. The number of hydrogen-bond acceptors (Lipinski definition) is 3. The summed E-state index contributed by atoms with van der Waals surface area (Å²) in [5.41, 5.74) is 9.30. The molecular formula is C26H23ClN4. The molecule has 0 N–H and O–H groups in total. The first-order valence-corrected chi connectivity index (χ1v) is 10.7. The maximum absolute atomic E-state index is 6.46. The van der Waals surface area contributed by atoms with Crippen molar-refractivity contribution in [3.05, 3.63) is 81.6 Å². The van der Waals surface area contributed by atoms with Gasteiger partial charge in [0.25, 0.3) is 0 Å². The summed E-state index contributed by atoms with van der Waals surface area (Å²) in [6, 6.07) is 16.6. The third-order valence-electron chi connectivity index (χ3n) is 6.60. The Morgan fingerprint density at radius 2 is 1.10 bits per heavy atom. The molecule has 5 heteroatoms. The van der Waals surface area contributed by atoms with Crippen LogP contribution in [0.3, 0.4) is 0 Å². The van der Waals surface area contributed by atoms with Crippen LogP contribution in [0.2, 0.25) is 5.28 Å². The van der Waals surface area contributed by atoms with Gasteiger partial charge in [-0.2, -0.15) is 15.0 Å². The summed E-state index contributed by atoms with van der Waals surface area (Å²) in [6.07, 6.45) is 0. The first-order valence-electron chi connectivity index (χ1n) is 10.4. The van der Waals surface area contributed by atoms with Gasteiger partial charge in [0.15, 0.2) is 5.82 Å². The molecule has 0 unspecified atom stereocenters. The van der Waals surface area contributed by atoms with Crippen molar-refractivity contribution in [2.24, 2.45) is 0 Å². The van der Waals surface area contributed by atoms with Gasteiger partial charge in [-0.05, 0) is 86.2 Å². The molecule has 5 aromatic rings. The summed E-state index contributed by atoms with van der Waals surface area (Å²) in [5.74, 6) is 1.14. The molecule has 0 aliphatic rings. The highest BCUT2D eigenvalue weighted by Crippen LogP contribution is 2.34. The van der Waals surface area contributed by atoms with Gasteiger partial charge in [0.05, 0.1) is 11.0 Å². The van der Waals surface area contributed by atoms with Gasteiger partial charge in [-0.1, -0.05) is 36.4 Å². The van der Waals surface area contributed by atoms with Crippen molar-refractivity contribution < 1.29 is 0 Å². The zero-order valence-electron chi connectivity index (χ0n) is 18.3. The predicted molar refractivity (Wildman–Crippen MR) is 128 cm³/mol. The predicted octanol–water partition coefficient (Wildman–Crippen LogP) is 6.83. The van der Waals surface area contributed by atoms with Crippen molar-refractivity contribution in [3.63, 3.8) is 0 Å². The van der Waals surface area contributed by atoms with Crippen LogP contribution in [0.4, 0.5) is 0 Å². The average molecular weight is 427 g/mol. The molecule has 4 nitrogen and oxygen atoms in total. The van der Waals surface area contributed by atoms with E-state index in [9.17, 15) is 0 Å².